The lowest BCUT2D eigenvalue weighted by Crippen LogP contribution is -2.49. The second kappa shape index (κ2) is 8.48. The van der Waals surface area contributed by atoms with Crippen LogP contribution in [-0.4, -0.2) is 73.9 Å². The first-order valence-corrected chi connectivity index (χ1v) is 11.6. The first-order valence-electron chi connectivity index (χ1n) is 9.68. The highest BCUT2D eigenvalue weighted by Crippen LogP contribution is 2.35. The predicted molar refractivity (Wildman–Crippen MR) is 104 cm³/mol. The minimum Gasteiger partial charge on any atom is -0.474 e. The number of aromatic nitrogens is 2. The van der Waals surface area contributed by atoms with Crippen LogP contribution in [0.2, 0.25) is 0 Å². The Kier molecular flexibility index (Phi) is 6.34. The van der Waals surface area contributed by atoms with Crippen molar-refractivity contribution < 1.29 is 31.5 Å². The van der Waals surface area contributed by atoms with Gasteiger partial charge in [0.2, 0.25) is 21.6 Å². The van der Waals surface area contributed by atoms with E-state index in [0.717, 1.165) is 6.26 Å². The summed E-state index contributed by atoms with van der Waals surface area (Å²) in [7, 11) is -0.762. The standard InChI is InChI=1S/C18H26F2N4O5S/c1-24(17(25)28-2)12-8-13(9-12)29-15-10-14(22-16(23-15)30(3,26)27)21-11-4-6-18(19,20)7-5-11/h10-13H,4-9H2,1-3H3,(H,21,22,23). The van der Waals surface area contributed by atoms with Crippen LogP contribution in [0, 0.1) is 0 Å². The van der Waals surface area contributed by atoms with E-state index in [4.69, 9.17) is 4.74 Å². The molecular weight excluding hydrogens is 422 g/mol. The van der Waals surface area contributed by atoms with Crippen LogP contribution in [0.15, 0.2) is 11.2 Å². The van der Waals surface area contributed by atoms with Crippen LogP contribution in [0.1, 0.15) is 38.5 Å². The second-order valence-corrected chi connectivity index (χ2v) is 9.78. The van der Waals surface area contributed by atoms with Crippen molar-refractivity contribution in [2.24, 2.45) is 0 Å². The zero-order valence-electron chi connectivity index (χ0n) is 17.1. The second-order valence-electron chi connectivity index (χ2n) is 7.87. The maximum Gasteiger partial charge on any atom is 0.409 e. The molecule has 2 aliphatic carbocycles. The topological polar surface area (TPSA) is 111 Å². The van der Waals surface area contributed by atoms with Crippen LogP contribution in [0.4, 0.5) is 19.4 Å². The van der Waals surface area contributed by atoms with Crippen molar-refractivity contribution in [3.63, 3.8) is 0 Å². The van der Waals surface area contributed by atoms with Crippen LogP contribution in [0.5, 0.6) is 5.88 Å². The van der Waals surface area contributed by atoms with E-state index >= 15 is 0 Å². The van der Waals surface area contributed by atoms with Gasteiger partial charge >= 0.3 is 6.09 Å². The molecular formula is C18H26F2N4O5S. The zero-order valence-corrected chi connectivity index (χ0v) is 17.9. The molecule has 2 aliphatic rings. The normalized spacial score (nSPS) is 23.9. The molecule has 0 aliphatic heterocycles. The number of hydrogen-bond donors (Lipinski definition) is 1. The number of amides is 1. The molecule has 0 spiro atoms. The number of alkyl halides is 2. The lowest BCUT2D eigenvalue weighted by atomic mass is 9.88. The molecule has 30 heavy (non-hydrogen) atoms. The Morgan fingerprint density at radius 1 is 1.27 bits per heavy atom. The number of anilines is 1. The Morgan fingerprint density at radius 3 is 2.47 bits per heavy atom. The van der Waals surface area contributed by atoms with Gasteiger partial charge in [-0.3, -0.25) is 0 Å². The van der Waals surface area contributed by atoms with Crippen molar-refractivity contribution in [3.8, 4) is 5.88 Å². The van der Waals surface area contributed by atoms with Gasteiger partial charge in [0.1, 0.15) is 11.9 Å². The summed E-state index contributed by atoms with van der Waals surface area (Å²) < 4.78 is 61.1. The van der Waals surface area contributed by atoms with Crippen LogP contribution in [-0.2, 0) is 14.6 Å². The summed E-state index contributed by atoms with van der Waals surface area (Å²) in [5.41, 5.74) is 0. The number of nitrogens with one attached hydrogen (secondary N) is 1. The molecule has 2 fully saturated rings. The largest absolute Gasteiger partial charge is 0.474 e. The van der Waals surface area contributed by atoms with Gasteiger partial charge in [0, 0.05) is 57.1 Å². The molecule has 0 unspecified atom stereocenters. The maximum atomic E-state index is 13.4. The van der Waals surface area contributed by atoms with Gasteiger partial charge in [-0.25, -0.2) is 27.0 Å². The molecule has 168 valence electrons. The third-order valence-corrected chi connectivity index (χ3v) is 6.30. The predicted octanol–water partition coefficient (Wildman–Crippen LogP) is 2.48. The number of nitrogens with zero attached hydrogens (tertiary/aromatic N) is 3. The third kappa shape index (κ3) is 5.46. The lowest BCUT2D eigenvalue weighted by molar-refractivity contribution is -0.0361. The number of carbonyl (C=O) groups excluding carboxylic acids is 1. The molecule has 0 bridgehead atoms. The van der Waals surface area contributed by atoms with E-state index in [2.05, 4.69) is 20.0 Å². The molecule has 3 rings (SSSR count). The smallest absolute Gasteiger partial charge is 0.409 e. The number of hydrogen-bond acceptors (Lipinski definition) is 8. The van der Waals surface area contributed by atoms with Gasteiger partial charge in [-0.15, -0.1) is 0 Å². The van der Waals surface area contributed by atoms with Gasteiger partial charge in [0.05, 0.1) is 7.11 Å². The molecule has 1 heterocycles. The summed E-state index contributed by atoms with van der Waals surface area (Å²) in [5.74, 6) is -2.36. The highest BCUT2D eigenvalue weighted by molar-refractivity contribution is 7.90. The minimum absolute atomic E-state index is 0.0415. The minimum atomic E-state index is -3.70. The fraction of sp³-hybridized carbons (Fsp3) is 0.722. The van der Waals surface area contributed by atoms with E-state index in [1.165, 1.54) is 18.1 Å². The van der Waals surface area contributed by atoms with Gasteiger partial charge in [-0.05, 0) is 12.8 Å². The van der Waals surface area contributed by atoms with Gasteiger partial charge in [0.15, 0.2) is 0 Å². The Hall–Kier alpha value is -2.24. The fourth-order valence-electron chi connectivity index (χ4n) is 3.51. The number of carbonyl (C=O) groups is 1. The highest BCUT2D eigenvalue weighted by atomic mass is 32.2. The van der Waals surface area contributed by atoms with E-state index in [-0.39, 0.29) is 55.6 Å². The first kappa shape index (κ1) is 22.4. The summed E-state index contributed by atoms with van der Waals surface area (Å²) >= 11 is 0. The van der Waals surface area contributed by atoms with Crippen molar-refractivity contribution >= 4 is 21.7 Å². The van der Waals surface area contributed by atoms with Gasteiger partial charge < -0.3 is 19.7 Å². The van der Waals surface area contributed by atoms with Gasteiger partial charge in [-0.2, -0.15) is 4.98 Å². The number of halogens is 2. The summed E-state index contributed by atoms with van der Waals surface area (Å²) in [4.78, 5) is 21.0. The van der Waals surface area contributed by atoms with E-state index in [9.17, 15) is 22.0 Å². The van der Waals surface area contributed by atoms with E-state index < -0.39 is 27.0 Å². The third-order valence-electron chi connectivity index (χ3n) is 5.45. The number of rotatable bonds is 6. The van der Waals surface area contributed by atoms with Crippen LogP contribution in [0.3, 0.4) is 0 Å². The molecule has 2 saturated carbocycles. The lowest BCUT2D eigenvalue weighted by Gasteiger charge is -2.39. The van der Waals surface area contributed by atoms with Crippen LogP contribution in [0.25, 0.3) is 0 Å². The molecule has 0 aromatic carbocycles. The Bertz CT molecular complexity index is 883. The van der Waals surface area contributed by atoms with Crippen molar-refractivity contribution in [2.45, 2.75) is 67.8 Å². The average Bonchev–Trinajstić information content (AvgIpc) is 2.64. The van der Waals surface area contributed by atoms with Crippen LogP contribution >= 0.6 is 0 Å². The first-order chi connectivity index (χ1) is 14.0. The molecule has 1 aromatic rings. The van der Waals surface area contributed by atoms with Crippen molar-refractivity contribution in [2.75, 3.05) is 25.7 Å². The van der Waals surface area contributed by atoms with Gasteiger partial charge in [-0.1, -0.05) is 0 Å². The van der Waals surface area contributed by atoms with Crippen molar-refractivity contribution in [1.82, 2.24) is 14.9 Å². The van der Waals surface area contributed by atoms with Crippen LogP contribution < -0.4 is 10.1 Å². The Balaban J connectivity index is 1.68. The summed E-state index contributed by atoms with van der Waals surface area (Å²) in [6.07, 6.45) is 1.45. The number of sulfone groups is 1. The highest BCUT2D eigenvalue weighted by Gasteiger charge is 2.37. The summed E-state index contributed by atoms with van der Waals surface area (Å²) in [5, 5.41) is 2.63. The molecule has 12 heteroatoms. The van der Waals surface area contributed by atoms with Gasteiger partial charge in [0.25, 0.3) is 5.16 Å². The molecule has 1 aromatic heterocycles. The van der Waals surface area contributed by atoms with Crippen molar-refractivity contribution in [3.05, 3.63) is 6.07 Å². The average molecular weight is 448 g/mol. The monoisotopic (exact) mass is 448 g/mol. The quantitative estimate of drug-likeness (QED) is 0.661. The fourth-order valence-corrected chi connectivity index (χ4v) is 4.03. The molecule has 1 N–H and O–H groups in total. The molecule has 0 saturated heterocycles. The number of ether oxygens (including phenoxy) is 2. The van der Waals surface area contributed by atoms with E-state index in [1.807, 2.05) is 0 Å². The van der Waals surface area contributed by atoms with E-state index in [0.29, 0.717) is 12.8 Å². The van der Waals surface area contributed by atoms with Crippen molar-refractivity contribution in [1.29, 1.82) is 0 Å². The van der Waals surface area contributed by atoms with E-state index in [1.54, 1.807) is 7.05 Å². The molecule has 1 amide bonds. The molecule has 9 nitrogen and oxygen atoms in total. The summed E-state index contributed by atoms with van der Waals surface area (Å²) in [6.45, 7) is 0. The molecule has 0 radical (unpaired) electrons. The SMILES string of the molecule is COC(=O)N(C)C1CC(Oc2cc(NC3CCC(F)(F)CC3)nc(S(C)(=O)=O)n2)C1. The zero-order chi connectivity index (χ0) is 22.1. The number of methoxy groups -OCH3 is 1. The Morgan fingerprint density at radius 2 is 1.90 bits per heavy atom. The Labute approximate surface area is 174 Å². The maximum absolute atomic E-state index is 13.4. The molecule has 0 atom stereocenters. The summed E-state index contributed by atoms with van der Waals surface area (Å²) in [6, 6.07) is 1.19.